The van der Waals surface area contributed by atoms with Gasteiger partial charge in [0.1, 0.15) is 12.4 Å². The number of hydrogen-bond acceptors (Lipinski definition) is 7. The van der Waals surface area contributed by atoms with E-state index in [2.05, 4.69) is 20.6 Å². The van der Waals surface area contributed by atoms with Crippen molar-refractivity contribution in [3.8, 4) is 5.75 Å². The highest BCUT2D eigenvalue weighted by Crippen LogP contribution is 2.29. The molecule has 0 saturated heterocycles. The van der Waals surface area contributed by atoms with E-state index in [0.29, 0.717) is 30.5 Å². The van der Waals surface area contributed by atoms with Gasteiger partial charge in [0.15, 0.2) is 11.6 Å². The van der Waals surface area contributed by atoms with Gasteiger partial charge < -0.3 is 20.1 Å². The second kappa shape index (κ2) is 7.40. The Kier molecular flexibility index (Phi) is 5.84. The highest BCUT2D eigenvalue weighted by Gasteiger charge is 2.18. The van der Waals surface area contributed by atoms with Crippen LogP contribution in [0.4, 0.5) is 11.6 Å². The molecule has 7 heteroatoms. The predicted molar refractivity (Wildman–Crippen MR) is 72.5 cm³/mol. The van der Waals surface area contributed by atoms with Crippen LogP contribution >= 0.6 is 0 Å². The van der Waals surface area contributed by atoms with Crippen LogP contribution in [0.3, 0.4) is 0 Å². The summed E-state index contributed by atoms with van der Waals surface area (Å²) < 4.78 is 10.2. The van der Waals surface area contributed by atoms with Crippen LogP contribution in [-0.2, 0) is 9.53 Å². The summed E-state index contributed by atoms with van der Waals surface area (Å²) in [6, 6.07) is -0.516. The van der Waals surface area contributed by atoms with E-state index in [4.69, 9.17) is 9.47 Å². The van der Waals surface area contributed by atoms with E-state index in [1.54, 1.807) is 13.8 Å². The van der Waals surface area contributed by atoms with Crippen molar-refractivity contribution in [3.05, 3.63) is 6.33 Å². The lowest BCUT2D eigenvalue weighted by molar-refractivity contribution is -0.143. The van der Waals surface area contributed by atoms with Crippen molar-refractivity contribution >= 4 is 17.6 Å². The molecule has 2 N–H and O–H groups in total. The summed E-state index contributed by atoms with van der Waals surface area (Å²) in [6.45, 7) is 6.47. The molecule has 1 heterocycles. The standard InChI is InChI=1S/C12H20N4O3/c1-5-13-10-9(18-4)11(15-7-14-10)16-8(3)12(17)19-6-2/h7-8H,5-6H2,1-4H3,(H2,13,14,15,16). The third kappa shape index (κ3) is 3.97. The second-order valence-corrected chi connectivity index (χ2v) is 3.75. The van der Waals surface area contributed by atoms with E-state index in [1.807, 2.05) is 6.92 Å². The molecule has 106 valence electrons. The first-order valence-electron chi connectivity index (χ1n) is 6.20. The molecule has 0 saturated carbocycles. The molecule has 0 aromatic carbocycles. The second-order valence-electron chi connectivity index (χ2n) is 3.75. The van der Waals surface area contributed by atoms with Crippen molar-refractivity contribution in [2.45, 2.75) is 26.8 Å². The Balaban J connectivity index is 2.88. The van der Waals surface area contributed by atoms with Crippen LogP contribution in [0.5, 0.6) is 5.75 Å². The van der Waals surface area contributed by atoms with E-state index in [-0.39, 0.29) is 5.97 Å². The molecule has 0 fully saturated rings. The van der Waals surface area contributed by atoms with Crippen molar-refractivity contribution in [2.75, 3.05) is 30.9 Å². The smallest absolute Gasteiger partial charge is 0.328 e. The Morgan fingerprint density at radius 2 is 2.05 bits per heavy atom. The maximum Gasteiger partial charge on any atom is 0.328 e. The number of aromatic nitrogens is 2. The lowest BCUT2D eigenvalue weighted by Gasteiger charge is -2.16. The van der Waals surface area contributed by atoms with Gasteiger partial charge in [0.05, 0.1) is 13.7 Å². The minimum atomic E-state index is -0.516. The average molecular weight is 268 g/mol. The molecule has 19 heavy (non-hydrogen) atoms. The number of ether oxygens (including phenoxy) is 2. The Morgan fingerprint density at radius 3 is 2.63 bits per heavy atom. The van der Waals surface area contributed by atoms with Crippen LogP contribution < -0.4 is 15.4 Å². The number of esters is 1. The first-order chi connectivity index (χ1) is 9.13. The average Bonchev–Trinajstić information content (AvgIpc) is 2.39. The van der Waals surface area contributed by atoms with Gasteiger partial charge in [-0.25, -0.2) is 14.8 Å². The fourth-order valence-electron chi connectivity index (χ4n) is 1.49. The van der Waals surface area contributed by atoms with Crippen LogP contribution in [0.2, 0.25) is 0 Å². The Hall–Kier alpha value is -2.05. The number of methoxy groups -OCH3 is 1. The zero-order valence-electron chi connectivity index (χ0n) is 11.7. The monoisotopic (exact) mass is 268 g/mol. The van der Waals surface area contributed by atoms with Gasteiger partial charge in [-0.3, -0.25) is 0 Å². The summed E-state index contributed by atoms with van der Waals surface area (Å²) in [6.07, 6.45) is 1.40. The Morgan fingerprint density at radius 1 is 1.37 bits per heavy atom. The summed E-state index contributed by atoms with van der Waals surface area (Å²) in [4.78, 5) is 19.7. The van der Waals surface area contributed by atoms with Crippen molar-refractivity contribution in [1.82, 2.24) is 9.97 Å². The SMILES string of the molecule is CCNc1ncnc(NC(C)C(=O)OCC)c1OC. The van der Waals surface area contributed by atoms with E-state index in [9.17, 15) is 4.79 Å². The Labute approximate surface area is 112 Å². The number of nitrogens with zero attached hydrogens (tertiary/aromatic N) is 2. The number of anilines is 2. The number of nitrogens with one attached hydrogen (secondary N) is 2. The topological polar surface area (TPSA) is 85.4 Å². The zero-order valence-corrected chi connectivity index (χ0v) is 11.7. The Bertz CT molecular complexity index is 425. The first kappa shape index (κ1) is 15.0. The number of hydrogen-bond donors (Lipinski definition) is 2. The molecule has 0 aliphatic carbocycles. The molecule has 1 unspecified atom stereocenters. The highest BCUT2D eigenvalue weighted by molar-refractivity contribution is 5.79. The first-order valence-corrected chi connectivity index (χ1v) is 6.20. The quantitative estimate of drug-likeness (QED) is 0.720. The molecule has 0 aliphatic heterocycles. The molecule has 0 amide bonds. The van der Waals surface area contributed by atoms with Crippen molar-refractivity contribution < 1.29 is 14.3 Å². The van der Waals surface area contributed by atoms with Crippen LogP contribution in [0.25, 0.3) is 0 Å². The van der Waals surface area contributed by atoms with Crippen LogP contribution in [0, 0.1) is 0 Å². The molecular formula is C12H20N4O3. The van der Waals surface area contributed by atoms with Crippen molar-refractivity contribution in [1.29, 1.82) is 0 Å². The number of carbonyl (C=O) groups is 1. The van der Waals surface area contributed by atoms with E-state index in [1.165, 1.54) is 13.4 Å². The molecular weight excluding hydrogens is 248 g/mol. The molecule has 1 atom stereocenters. The zero-order chi connectivity index (χ0) is 14.3. The van der Waals surface area contributed by atoms with Crippen LogP contribution in [0.15, 0.2) is 6.33 Å². The summed E-state index contributed by atoms with van der Waals surface area (Å²) in [7, 11) is 1.53. The lowest BCUT2D eigenvalue weighted by Crippen LogP contribution is -2.29. The molecule has 7 nitrogen and oxygen atoms in total. The van der Waals surface area contributed by atoms with Gasteiger partial charge in [0.2, 0.25) is 5.75 Å². The summed E-state index contributed by atoms with van der Waals surface area (Å²) >= 11 is 0. The number of rotatable bonds is 7. The van der Waals surface area contributed by atoms with Crippen molar-refractivity contribution in [2.24, 2.45) is 0 Å². The third-order valence-electron chi connectivity index (χ3n) is 2.35. The van der Waals surface area contributed by atoms with Gasteiger partial charge in [-0.2, -0.15) is 0 Å². The number of carbonyl (C=O) groups excluding carboxylic acids is 1. The van der Waals surface area contributed by atoms with Gasteiger partial charge >= 0.3 is 5.97 Å². The summed E-state index contributed by atoms with van der Waals surface area (Å²) in [5, 5.41) is 6.02. The van der Waals surface area contributed by atoms with Crippen molar-refractivity contribution in [3.63, 3.8) is 0 Å². The van der Waals surface area contributed by atoms with E-state index in [0.717, 1.165) is 0 Å². The van der Waals surface area contributed by atoms with Crippen LogP contribution in [-0.4, -0.2) is 42.2 Å². The summed E-state index contributed by atoms with van der Waals surface area (Å²) in [5.41, 5.74) is 0. The van der Waals surface area contributed by atoms with E-state index < -0.39 is 6.04 Å². The van der Waals surface area contributed by atoms with Crippen LogP contribution in [0.1, 0.15) is 20.8 Å². The maximum absolute atomic E-state index is 11.6. The van der Waals surface area contributed by atoms with Gasteiger partial charge in [0.25, 0.3) is 0 Å². The minimum absolute atomic E-state index is 0.340. The fraction of sp³-hybridized carbons (Fsp3) is 0.583. The lowest BCUT2D eigenvalue weighted by atomic mass is 10.3. The maximum atomic E-state index is 11.6. The summed E-state index contributed by atoms with van der Waals surface area (Å²) in [5.74, 6) is 1.17. The largest absolute Gasteiger partial charge is 0.490 e. The highest BCUT2D eigenvalue weighted by atomic mass is 16.5. The van der Waals surface area contributed by atoms with Gasteiger partial charge in [-0.05, 0) is 20.8 Å². The molecule has 1 rings (SSSR count). The fourth-order valence-corrected chi connectivity index (χ4v) is 1.49. The molecule has 0 spiro atoms. The van der Waals surface area contributed by atoms with E-state index >= 15 is 0 Å². The predicted octanol–water partition coefficient (Wildman–Crippen LogP) is 1.28. The third-order valence-corrected chi connectivity index (χ3v) is 2.35. The molecule has 0 aliphatic rings. The van der Waals surface area contributed by atoms with Gasteiger partial charge in [0, 0.05) is 6.54 Å². The minimum Gasteiger partial charge on any atom is -0.490 e. The molecule has 1 aromatic heterocycles. The van der Waals surface area contributed by atoms with Gasteiger partial charge in [-0.1, -0.05) is 0 Å². The molecule has 0 bridgehead atoms. The molecule has 1 aromatic rings. The molecule has 0 radical (unpaired) electrons. The normalized spacial score (nSPS) is 11.6. The van der Waals surface area contributed by atoms with Gasteiger partial charge in [-0.15, -0.1) is 0 Å².